The quantitative estimate of drug-likeness (QED) is 0.847. The number of nitrogens with one attached hydrogen (secondary N) is 1. The molecule has 0 radical (unpaired) electrons. The predicted octanol–water partition coefficient (Wildman–Crippen LogP) is 3.56. The van der Waals surface area contributed by atoms with Gasteiger partial charge in [0.1, 0.15) is 18.1 Å². The van der Waals surface area contributed by atoms with Gasteiger partial charge in [0.25, 0.3) is 5.91 Å². The highest BCUT2D eigenvalue weighted by Crippen LogP contribution is 2.16. The summed E-state index contributed by atoms with van der Waals surface area (Å²) in [7, 11) is 0. The van der Waals surface area contributed by atoms with E-state index >= 15 is 0 Å². The van der Waals surface area contributed by atoms with E-state index in [2.05, 4.69) is 24.4 Å². The minimum absolute atomic E-state index is 0.201. The Bertz CT molecular complexity index is 572. The van der Waals surface area contributed by atoms with Gasteiger partial charge in [-0.25, -0.2) is 0 Å². The molecule has 0 saturated heterocycles. The van der Waals surface area contributed by atoms with E-state index in [-0.39, 0.29) is 5.91 Å². The fourth-order valence-corrected chi connectivity index (χ4v) is 2.02. The monoisotopic (exact) mass is 287 g/mol. The zero-order valence-electron chi connectivity index (χ0n) is 12.5. The lowest BCUT2D eigenvalue weighted by Crippen LogP contribution is -2.21. The van der Waals surface area contributed by atoms with E-state index < -0.39 is 0 Å². The van der Waals surface area contributed by atoms with Crippen molar-refractivity contribution >= 4 is 5.91 Å². The maximum absolute atomic E-state index is 11.6. The second-order valence-corrected chi connectivity index (χ2v) is 4.81. The average molecular weight is 287 g/mol. The summed E-state index contributed by atoms with van der Waals surface area (Å²) >= 11 is 0. The molecule has 0 unspecified atom stereocenters. The molecule has 0 aliphatic rings. The minimum Gasteiger partial charge on any atom is -0.486 e. The molecule has 0 bridgehead atoms. The highest BCUT2D eigenvalue weighted by atomic mass is 16.5. The number of carbonyl (C=O) groups excluding carboxylic acids is 1. The van der Waals surface area contributed by atoms with Crippen molar-refractivity contribution in [2.24, 2.45) is 0 Å². The van der Waals surface area contributed by atoms with Crippen molar-refractivity contribution in [1.82, 2.24) is 5.32 Å². The number of aryl methyl sites for hydroxylation is 1. The van der Waals surface area contributed by atoms with Gasteiger partial charge in [-0.3, -0.25) is 4.79 Å². The van der Waals surface area contributed by atoms with Crippen molar-refractivity contribution in [3.05, 3.63) is 53.5 Å². The third kappa shape index (κ3) is 4.38. The molecule has 0 aliphatic carbocycles. The van der Waals surface area contributed by atoms with Crippen LogP contribution in [0.25, 0.3) is 0 Å². The topological polar surface area (TPSA) is 51.5 Å². The summed E-state index contributed by atoms with van der Waals surface area (Å²) in [6, 6.07) is 11.5. The number of rotatable bonds is 7. The largest absolute Gasteiger partial charge is 0.486 e. The molecule has 1 amide bonds. The molecule has 4 heteroatoms. The van der Waals surface area contributed by atoms with E-state index in [0.29, 0.717) is 24.7 Å². The molecule has 2 rings (SSSR count). The zero-order chi connectivity index (χ0) is 15.1. The summed E-state index contributed by atoms with van der Waals surface area (Å²) in [6.45, 7) is 4.92. The van der Waals surface area contributed by atoms with Gasteiger partial charge in [-0.1, -0.05) is 25.5 Å². The summed E-state index contributed by atoms with van der Waals surface area (Å²) < 4.78 is 11.1. The summed E-state index contributed by atoms with van der Waals surface area (Å²) in [5.74, 6) is 1.54. The van der Waals surface area contributed by atoms with Crippen LogP contribution in [-0.4, -0.2) is 12.5 Å². The Kier molecular flexibility index (Phi) is 5.43. The second kappa shape index (κ2) is 7.53. The number of benzene rings is 1. The van der Waals surface area contributed by atoms with E-state index in [4.69, 9.17) is 9.15 Å². The molecule has 1 N–H and O–H groups in total. The van der Waals surface area contributed by atoms with Gasteiger partial charge in [0.05, 0.1) is 0 Å². The maximum atomic E-state index is 11.6. The Morgan fingerprint density at radius 3 is 2.57 bits per heavy atom. The fraction of sp³-hybridized carbons (Fsp3) is 0.353. The van der Waals surface area contributed by atoms with E-state index in [9.17, 15) is 4.79 Å². The standard InChI is InChI=1S/C17H21NO3/c1-3-5-13-6-8-14(9-7-13)20-12-15-10-11-16(21-15)17(19)18-4-2/h6-11H,3-5,12H2,1-2H3,(H,18,19). The molecule has 2 aromatic rings. The summed E-state index contributed by atoms with van der Waals surface area (Å²) in [5, 5.41) is 2.69. The fourth-order valence-electron chi connectivity index (χ4n) is 2.02. The molecule has 1 aromatic heterocycles. The highest BCUT2D eigenvalue weighted by Gasteiger charge is 2.10. The van der Waals surface area contributed by atoms with Gasteiger partial charge in [0, 0.05) is 6.54 Å². The number of amides is 1. The molecule has 0 fully saturated rings. The Morgan fingerprint density at radius 1 is 1.14 bits per heavy atom. The molecule has 0 aliphatic heterocycles. The Labute approximate surface area is 125 Å². The van der Waals surface area contributed by atoms with Crippen LogP contribution in [0.3, 0.4) is 0 Å². The molecule has 1 heterocycles. The van der Waals surface area contributed by atoms with Crippen LogP contribution in [0.2, 0.25) is 0 Å². The summed E-state index contributed by atoms with van der Waals surface area (Å²) in [5.41, 5.74) is 1.31. The number of furan rings is 1. The molecule has 0 saturated carbocycles. The van der Waals surface area contributed by atoms with Gasteiger partial charge >= 0.3 is 0 Å². The minimum atomic E-state index is -0.201. The number of ether oxygens (including phenoxy) is 1. The third-order valence-electron chi connectivity index (χ3n) is 3.07. The maximum Gasteiger partial charge on any atom is 0.286 e. The van der Waals surface area contributed by atoms with Crippen LogP contribution in [-0.2, 0) is 13.0 Å². The molecule has 21 heavy (non-hydrogen) atoms. The lowest BCUT2D eigenvalue weighted by Gasteiger charge is -2.05. The van der Waals surface area contributed by atoms with Crippen LogP contribution in [0.4, 0.5) is 0 Å². The first-order valence-electron chi connectivity index (χ1n) is 7.31. The predicted molar refractivity (Wildman–Crippen MR) is 81.5 cm³/mol. The van der Waals surface area contributed by atoms with E-state index in [1.165, 1.54) is 5.56 Å². The molecule has 0 spiro atoms. The average Bonchev–Trinajstić information content (AvgIpc) is 2.96. The first-order chi connectivity index (χ1) is 10.2. The molecule has 112 valence electrons. The molecule has 4 nitrogen and oxygen atoms in total. The second-order valence-electron chi connectivity index (χ2n) is 4.81. The van der Waals surface area contributed by atoms with Gasteiger partial charge in [0.15, 0.2) is 5.76 Å². The Balaban J connectivity index is 1.89. The number of hydrogen-bond acceptors (Lipinski definition) is 3. The van der Waals surface area contributed by atoms with E-state index in [1.807, 2.05) is 19.1 Å². The first-order valence-corrected chi connectivity index (χ1v) is 7.31. The van der Waals surface area contributed by atoms with Gasteiger partial charge in [0.2, 0.25) is 0 Å². The first kappa shape index (κ1) is 15.2. The van der Waals surface area contributed by atoms with Crippen LogP contribution in [0, 0.1) is 0 Å². The van der Waals surface area contributed by atoms with Crippen LogP contribution < -0.4 is 10.1 Å². The Hall–Kier alpha value is -2.23. The molecular weight excluding hydrogens is 266 g/mol. The smallest absolute Gasteiger partial charge is 0.286 e. The summed E-state index contributed by atoms with van der Waals surface area (Å²) in [6.07, 6.45) is 2.21. The normalized spacial score (nSPS) is 10.4. The van der Waals surface area contributed by atoms with Gasteiger partial charge in [-0.15, -0.1) is 0 Å². The van der Waals surface area contributed by atoms with E-state index in [0.717, 1.165) is 18.6 Å². The van der Waals surface area contributed by atoms with Crippen molar-refractivity contribution in [2.45, 2.75) is 33.3 Å². The van der Waals surface area contributed by atoms with Crippen LogP contribution in [0.15, 0.2) is 40.8 Å². The third-order valence-corrected chi connectivity index (χ3v) is 3.07. The van der Waals surface area contributed by atoms with Crippen LogP contribution in [0.1, 0.15) is 42.1 Å². The SMILES string of the molecule is CCCc1ccc(OCc2ccc(C(=O)NCC)o2)cc1. The van der Waals surface area contributed by atoms with Gasteiger partial charge < -0.3 is 14.5 Å². The van der Waals surface area contributed by atoms with Crippen molar-refractivity contribution in [1.29, 1.82) is 0 Å². The van der Waals surface area contributed by atoms with Crippen LogP contribution >= 0.6 is 0 Å². The molecule has 1 aromatic carbocycles. The number of hydrogen-bond donors (Lipinski definition) is 1. The summed E-state index contributed by atoms with van der Waals surface area (Å²) in [4.78, 5) is 11.6. The Morgan fingerprint density at radius 2 is 1.90 bits per heavy atom. The van der Waals surface area contributed by atoms with Crippen molar-refractivity contribution in [2.75, 3.05) is 6.54 Å². The molecule has 0 atom stereocenters. The van der Waals surface area contributed by atoms with Crippen molar-refractivity contribution in [3.63, 3.8) is 0 Å². The molecular formula is C17H21NO3. The van der Waals surface area contributed by atoms with Crippen molar-refractivity contribution < 1.29 is 13.9 Å². The van der Waals surface area contributed by atoms with Gasteiger partial charge in [-0.05, 0) is 43.2 Å². The highest BCUT2D eigenvalue weighted by molar-refractivity contribution is 5.91. The lowest BCUT2D eigenvalue weighted by molar-refractivity contribution is 0.0924. The number of carbonyl (C=O) groups is 1. The van der Waals surface area contributed by atoms with Crippen molar-refractivity contribution in [3.8, 4) is 5.75 Å². The van der Waals surface area contributed by atoms with Gasteiger partial charge in [-0.2, -0.15) is 0 Å². The van der Waals surface area contributed by atoms with Crippen LogP contribution in [0.5, 0.6) is 5.75 Å². The lowest BCUT2D eigenvalue weighted by atomic mass is 10.1. The zero-order valence-corrected chi connectivity index (χ0v) is 12.5. The van der Waals surface area contributed by atoms with E-state index in [1.54, 1.807) is 12.1 Å².